The van der Waals surface area contributed by atoms with Gasteiger partial charge in [-0.3, -0.25) is 0 Å². The molecule has 21 heavy (non-hydrogen) atoms. The van der Waals surface area contributed by atoms with Gasteiger partial charge in [-0.25, -0.2) is 9.49 Å². The highest BCUT2D eigenvalue weighted by molar-refractivity contribution is 7.71. The van der Waals surface area contributed by atoms with Gasteiger partial charge in [0.15, 0.2) is 5.82 Å². The van der Waals surface area contributed by atoms with Crippen LogP contribution < -0.4 is 0 Å². The average Bonchev–Trinajstić information content (AvgIpc) is 3.04. The van der Waals surface area contributed by atoms with Crippen LogP contribution in [-0.2, 0) is 0 Å². The number of halogens is 1. The SMILES string of the molecule is Cc1ccsc1/C=N/n1c(-c2ccc(F)cc2)n[nH]c1=S. The van der Waals surface area contributed by atoms with Crippen LogP contribution in [0, 0.1) is 17.5 Å². The molecule has 0 fully saturated rings. The first-order valence-electron chi connectivity index (χ1n) is 6.17. The summed E-state index contributed by atoms with van der Waals surface area (Å²) in [5.41, 5.74) is 1.89. The van der Waals surface area contributed by atoms with Gasteiger partial charge in [0, 0.05) is 5.56 Å². The molecule has 4 nitrogen and oxygen atoms in total. The van der Waals surface area contributed by atoms with Crippen molar-refractivity contribution in [2.24, 2.45) is 5.10 Å². The van der Waals surface area contributed by atoms with E-state index in [9.17, 15) is 4.39 Å². The summed E-state index contributed by atoms with van der Waals surface area (Å²) in [6.07, 6.45) is 1.75. The Kier molecular flexibility index (Phi) is 3.76. The largest absolute Gasteiger partial charge is 0.250 e. The molecular formula is C14H11FN4S2. The lowest BCUT2D eigenvalue weighted by atomic mass is 10.2. The van der Waals surface area contributed by atoms with Crippen molar-refractivity contribution in [2.45, 2.75) is 6.92 Å². The molecule has 3 aromatic rings. The molecule has 0 radical (unpaired) electrons. The highest BCUT2D eigenvalue weighted by atomic mass is 32.1. The first-order valence-corrected chi connectivity index (χ1v) is 7.46. The molecule has 0 unspecified atom stereocenters. The van der Waals surface area contributed by atoms with Crippen LogP contribution >= 0.6 is 23.6 Å². The van der Waals surface area contributed by atoms with Crippen molar-refractivity contribution in [2.75, 3.05) is 0 Å². The number of rotatable bonds is 3. The Balaban J connectivity index is 2.02. The summed E-state index contributed by atoms with van der Waals surface area (Å²) in [6, 6.07) is 8.07. The summed E-state index contributed by atoms with van der Waals surface area (Å²) in [5.74, 6) is 0.252. The Bertz CT molecular complexity index is 842. The summed E-state index contributed by atoms with van der Waals surface area (Å²) in [5, 5.41) is 13.2. The van der Waals surface area contributed by atoms with Crippen LogP contribution in [0.2, 0.25) is 0 Å². The van der Waals surface area contributed by atoms with Gasteiger partial charge in [-0.1, -0.05) is 0 Å². The van der Waals surface area contributed by atoms with Gasteiger partial charge >= 0.3 is 0 Å². The first kappa shape index (κ1) is 13.8. The van der Waals surface area contributed by atoms with Gasteiger partial charge in [-0.15, -0.1) is 11.3 Å². The number of benzene rings is 1. The number of aromatic amines is 1. The predicted octanol–water partition coefficient (Wildman–Crippen LogP) is 4.00. The Morgan fingerprint density at radius 3 is 2.76 bits per heavy atom. The lowest BCUT2D eigenvalue weighted by Gasteiger charge is -2.00. The van der Waals surface area contributed by atoms with Crippen molar-refractivity contribution in [3.63, 3.8) is 0 Å². The smallest absolute Gasteiger partial charge is 0.216 e. The van der Waals surface area contributed by atoms with Crippen molar-refractivity contribution in [3.05, 3.63) is 56.7 Å². The minimum atomic E-state index is -0.294. The molecule has 0 aliphatic rings. The zero-order valence-electron chi connectivity index (χ0n) is 11.1. The van der Waals surface area contributed by atoms with Crippen molar-refractivity contribution < 1.29 is 4.39 Å². The van der Waals surface area contributed by atoms with Crippen LogP contribution in [-0.4, -0.2) is 21.1 Å². The molecule has 3 rings (SSSR count). The molecule has 0 spiro atoms. The lowest BCUT2D eigenvalue weighted by molar-refractivity contribution is 0.628. The highest BCUT2D eigenvalue weighted by Crippen LogP contribution is 2.18. The molecule has 0 aliphatic carbocycles. The third-order valence-corrected chi connectivity index (χ3v) is 4.16. The van der Waals surface area contributed by atoms with E-state index in [-0.39, 0.29) is 5.82 Å². The number of aryl methyl sites for hydroxylation is 1. The minimum absolute atomic E-state index is 0.294. The van der Waals surface area contributed by atoms with Crippen molar-refractivity contribution in [1.82, 2.24) is 14.9 Å². The molecule has 2 aromatic heterocycles. The predicted molar refractivity (Wildman–Crippen MR) is 84.9 cm³/mol. The zero-order valence-corrected chi connectivity index (χ0v) is 12.7. The van der Waals surface area contributed by atoms with Crippen LogP contribution in [0.3, 0.4) is 0 Å². The van der Waals surface area contributed by atoms with Gasteiger partial charge in [0.2, 0.25) is 4.77 Å². The van der Waals surface area contributed by atoms with Crippen LogP contribution in [0.1, 0.15) is 10.4 Å². The summed E-state index contributed by atoms with van der Waals surface area (Å²) in [6.45, 7) is 2.02. The van der Waals surface area contributed by atoms with Crippen LogP contribution in [0.25, 0.3) is 11.4 Å². The number of hydrogen-bond donors (Lipinski definition) is 1. The van der Waals surface area contributed by atoms with E-state index in [1.54, 1.807) is 29.7 Å². The van der Waals surface area contributed by atoms with E-state index in [1.807, 2.05) is 18.4 Å². The number of hydrogen-bond acceptors (Lipinski definition) is 4. The highest BCUT2D eigenvalue weighted by Gasteiger charge is 2.08. The van der Waals surface area contributed by atoms with Crippen LogP contribution in [0.15, 0.2) is 40.8 Å². The monoisotopic (exact) mass is 318 g/mol. The summed E-state index contributed by atoms with van der Waals surface area (Å²) < 4.78 is 14.9. The number of nitrogens with zero attached hydrogens (tertiary/aromatic N) is 3. The molecule has 7 heteroatoms. The Labute approximate surface area is 129 Å². The number of nitrogens with one attached hydrogen (secondary N) is 1. The molecule has 1 aromatic carbocycles. The third-order valence-electron chi connectivity index (χ3n) is 2.95. The summed E-state index contributed by atoms with van der Waals surface area (Å²) in [7, 11) is 0. The van der Waals surface area contributed by atoms with Crippen molar-refractivity contribution in [3.8, 4) is 11.4 Å². The second-order valence-corrected chi connectivity index (χ2v) is 5.72. The molecule has 0 amide bonds. The Hall–Kier alpha value is -2.12. The van der Waals surface area contributed by atoms with Gasteiger partial charge in [0.1, 0.15) is 5.82 Å². The van der Waals surface area contributed by atoms with E-state index in [0.717, 1.165) is 16.0 Å². The summed E-state index contributed by atoms with van der Waals surface area (Å²) >= 11 is 6.79. The van der Waals surface area contributed by atoms with E-state index in [4.69, 9.17) is 12.2 Å². The maximum absolute atomic E-state index is 13.0. The fraction of sp³-hybridized carbons (Fsp3) is 0.0714. The second kappa shape index (κ2) is 5.71. The quantitative estimate of drug-likeness (QED) is 0.586. The maximum Gasteiger partial charge on any atom is 0.216 e. The molecule has 1 N–H and O–H groups in total. The van der Waals surface area contributed by atoms with Gasteiger partial charge < -0.3 is 0 Å². The fourth-order valence-electron chi connectivity index (χ4n) is 1.81. The Morgan fingerprint density at radius 2 is 2.10 bits per heavy atom. The average molecular weight is 318 g/mol. The van der Waals surface area contributed by atoms with E-state index in [0.29, 0.717) is 10.6 Å². The standard InChI is InChI=1S/C14H11FN4S2/c1-9-6-7-21-12(9)8-16-19-13(17-18-14(19)20)10-2-4-11(15)5-3-10/h2-8H,1H3,(H,18,20)/b16-8+. The van der Waals surface area contributed by atoms with Crippen molar-refractivity contribution in [1.29, 1.82) is 0 Å². The molecule has 2 heterocycles. The summed E-state index contributed by atoms with van der Waals surface area (Å²) in [4.78, 5) is 1.06. The Morgan fingerprint density at radius 1 is 1.33 bits per heavy atom. The number of H-pyrrole nitrogens is 1. The normalized spacial score (nSPS) is 11.3. The first-order chi connectivity index (χ1) is 10.1. The second-order valence-electron chi connectivity index (χ2n) is 4.38. The maximum atomic E-state index is 13.0. The van der Waals surface area contributed by atoms with Gasteiger partial charge in [-0.05, 0) is 60.4 Å². The van der Waals surface area contributed by atoms with Gasteiger partial charge in [0.05, 0.1) is 11.1 Å². The third kappa shape index (κ3) is 2.84. The van der Waals surface area contributed by atoms with E-state index < -0.39 is 0 Å². The van der Waals surface area contributed by atoms with Crippen LogP contribution in [0.5, 0.6) is 0 Å². The number of aromatic nitrogens is 3. The lowest BCUT2D eigenvalue weighted by Crippen LogP contribution is -1.95. The van der Waals surface area contributed by atoms with Gasteiger partial charge in [0.25, 0.3) is 0 Å². The molecular weight excluding hydrogens is 307 g/mol. The fourth-order valence-corrected chi connectivity index (χ4v) is 2.77. The minimum Gasteiger partial charge on any atom is -0.250 e. The number of thiophene rings is 1. The molecule has 0 saturated carbocycles. The molecule has 106 valence electrons. The molecule has 0 aliphatic heterocycles. The zero-order chi connectivity index (χ0) is 14.8. The van der Waals surface area contributed by atoms with E-state index >= 15 is 0 Å². The topological polar surface area (TPSA) is 46.0 Å². The van der Waals surface area contributed by atoms with Gasteiger partial charge in [-0.2, -0.15) is 14.9 Å². The molecule has 0 saturated heterocycles. The molecule has 0 atom stereocenters. The van der Waals surface area contributed by atoms with Crippen molar-refractivity contribution >= 4 is 29.8 Å². The van der Waals surface area contributed by atoms with E-state index in [1.165, 1.54) is 16.8 Å². The van der Waals surface area contributed by atoms with E-state index in [2.05, 4.69) is 15.3 Å². The molecule has 0 bridgehead atoms. The van der Waals surface area contributed by atoms with Crippen LogP contribution in [0.4, 0.5) is 4.39 Å².